The fourth-order valence-electron chi connectivity index (χ4n) is 3.16. The van der Waals surface area contributed by atoms with E-state index in [-0.39, 0.29) is 5.91 Å². The number of nitrogens with zero attached hydrogens (tertiary/aromatic N) is 4. The number of aryl methyl sites for hydroxylation is 4. The monoisotopic (exact) mass is 365 g/mol. The van der Waals surface area contributed by atoms with Crippen molar-refractivity contribution in [2.24, 2.45) is 7.05 Å². The Labute approximate surface area is 154 Å². The van der Waals surface area contributed by atoms with Crippen molar-refractivity contribution in [3.63, 3.8) is 0 Å². The van der Waals surface area contributed by atoms with Crippen LogP contribution in [-0.2, 0) is 13.5 Å². The fourth-order valence-corrected chi connectivity index (χ4v) is 4.08. The molecule has 4 aromatic rings. The minimum atomic E-state index is -0.189. The van der Waals surface area contributed by atoms with Crippen molar-refractivity contribution in [1.29, 1.82) is 0 Å². The van der Waals surface area contributed by atoms with Crippen LogP contribution < -0.4 is 5.32 Å². The molecule has 0 radical (unpaired) electrons. The number of pyridine rings is 1. The first-order chi connectivity index (χ1) is 12.5. The summed E-state index contributed by atoms with van der Waals surface area (Å²) in [5.74, 6) is -0.189. The number of carbonyl (C=O) groups excluding carboxylic acids is 1. The topological polar surface area (TPSA) is 72.7 Å². The molecule has 0 spiro atoms. The van der Waals surface area contributed by atoms with Gasteiger partial charge in [-0.25, -0.2) is 9.97 Å². The highest BCUT2D eigenvalue weighted by Crippen LogP contribution is 2.28. The lowest BCUT2D eigenvalue weighted by molar-refractivity contribution is 0.102. The lowest BCUT2D eigenvalue weighted by Crippen LogP contribution is -2.13. The molecule has 0 fully saturated rings. The van der Waals surface area contributed by atoms with Gasteiger partial charge in [-0.3, -0.25) is 14.8 Å². The standard InChI is InChI=1S/C19H19N5OS/c1-5-12-6-7-14-15(9-12)26-19(21-14)22-18(25)13-8-10(2)20-17-16(13)11(3)23-24(17)4/h6-9H,5H2,1-4H3,(H,21,22,25). The summed E-state index contributed by atoms with van der Waals surface area (Å²) in [5.41, 5.74) is 5.02. The fraction of sp³-hybridized carbons (Fsp3) is 0.263. The molecule has 132 valence electrons. The molecule has 0 unspecified atom stereocenters. The van der Waals surface area contributed by atoms with Crippen LogP contribution in [0.5, 0.6) is 0 Å². The quantitative estimate of drug-likeness (QED) is 0.595. The molecular weight excluding hydrogens is 346 g/mol. The van der Waals surface area contributed by atoms with E-state index in [9.17, 15) is 4.79 Å². The second-order valence-electron chi connectivity index (χ2n) is 6.35. The Morgan fingerprint density at radius 1 is 1.23 bits per heavy atom. The summed E-state index contributed by atoms with van der Waals surface area (Å²) in [7, 11) is 1.84. The number of amides is 1. The predicted octanol–water partition coefficient (Wildman–Crippen LogP) is 4.01. The van der Waals surface area contributed by atoms with Gasteiger partial charge in [-0.15, -0.1) is 0 Å². The number of hydrogen-bond acceptors (Lipinski definition) is 5. The van der Waals surface area contributed by atoms with E-state index in [1.807, 2.05) is 27.0 Å². The Morgan fingerprint density at radius 3 is 2.81 bits per heavy atom. The van der Waals surface area contributed by atoms with Crippen molar-refractivity contribution in [2.75, 3.05) is 5.32 Å². The lowest BCUT2D eigenvalue weighted by atomic mass is 10.1. The van der Waals surface area contributed by atoms with Crippen LogP contribution >= 0.6 is 11.3 Å². The largest absolute Gasteiger partial charge is 0.298 e. The number of fused-ring (bicyclic) bond motifs is 2. The van der Waals surface area contributed by atoms with Crippen molar-refractivity contribution in [3.05, 3.63) is 46.8 Å². The van der Waals surface area contributed by atoms with E-state index < -0.39 is 0 Å². The van der Waals surface area contributed by atoms with Crippen molar-refractivity contribution in [3.8, 4) is 0 Å². The number of hydrogen-bond donors (Lipinski definition) is 1. The summed E-state index contributed by atoms with van der Waals surface area (Å²) in [5, 5.41) is 8.72. The summed E-state index contributed by atoms with van der Waals surface area (Å²) in [6, 6.07) is 8.00. The summed E-state index contributed by atoms with van der Waals surface area (Å²) in [6.07, 6.45) is 0.976. The second kappa shape index (κ2) is 6.17. The van der Waals surface area contributed by atoms with Gasteiger partial charge in [0, 0.05) is 12.7 Å². The highest BCUT2D eigenvalue weighted by molar-refractivity contribution is 7.22. The summed E-state index contributed by atoms with van der Waals surface area (Å²) in [6.45, 7) is 5.89. The molecule has 26 heavy (non-hydrogen) atoms. The van der Waals surface area contributed by atoms with Crippen LogP contribution in [-0.4, -0.2) is 25.7 Å². The maximum absolute atomic E-state index is 12.9. The molecule has 0 saturated heterocycles. The molecule has 4 rings (SSSR count). The first-order valence-electron chi connectivity index (χ1n) is 8.48. The van der Waals surface area contributed by atoms with Gasteiger partial charge in [-0.1, -0.05) is 24.3 Å². The van der Waals surface area contributed by atoms with Crippen LogP contribution in [0.2, 0.25) is 0 Å². The molecular formula is C19H19N5OS. The van der Waals surface area contributed by atoms with Gasteiger partial charge in [0.2, 0.25) is 0 Å². The highest BCUT2D eigenvalue weighted by atomic mass is 32.1. The molecule has 0 bridgehead atoms. The third-order valence-electron chi connectivity index (χ3n) is 4.42. The molecule has 0 atom stereocenters. The van der Waals surface area contributed by atoms with Gasteiger partial charge in [-0.2, -0.15) is 5.10 Å². The Bertz CT molecular complexity index is 1160. The number of thiazole rings is 1. The average molecular weight is 365 g/mol. The number of rotatable bonds is 3. The zero-order valence-corrected chi connectivity index (χ0v) is 15.9. The van der Waals surface area contributed by atoms with E-state index in [2.05, 4.69) is 39.4 Å². The average Bonchev–Trinajstić information content (AvgIpc) is 3.13. The number of carbonyl (C=O) groups is 1. The molecule has 1 aromatic carbocycles. The summed E-state index contributed by atoms with van der Waals surface area (Å²) >= 11 is 1.49. The number of aromatic nitrogens is 4. The van der Waals surface area contributed by atoms with Gasteiger partial charge in [0.1, 0.15) is 0 Å². The van der Waals surface area contributed by atoms with Crippen molar-refractivity contribution >= 4 is 43.6 Å². The van der Waals surface area contributed by atoms with E-state index in [0.717, 1.165) is 33.4 Å². The summed E-state index contributed by atoms with van der Waals surface area (Å²) in [4.78, 5) is 22.0. The van der Waals surface area contributed by atoms with Gasteiger partial charge in [-0.05, 0) is 44.0 Å². The SMILES string of the molecule is CCc1ccc2nc(NC(=O)c3cc(C)nc4c3c(C)nn4C)sc2c1. The first kappa shape index (κ1) is 16.7. The van der Waals surface area contributed by atoms with E-state index in [1.54, 1.807) is 10.7 Å². The minimum Gasteiger partial charge on any atom is -0.298 e. The Kier molecular flexibility index (Phi) is 3.96. The maximum Gasteiger partial charge on any atom is 0.258 e. The third-order valence-corrected chi connectivity index (χ3v) is 5.36. The van der Waals surface area contributed by atoms with Crippen molar-refractivity contribution in [1.82, 2.24) is 19.7 Å². The van der Waals surface area contributed by atoms with E-state index >= 15 is 0 Å². The van der Waals surface area contributed by atoms with Crippen LogP contribution in [0.1, 0.15) is 34.2 Å². The van der Waals surface area contributed by atoms with E-state index in [4.69, 9.17) is 0 Å². The van der Waals surface area contributed by atoms with E-state index in [0.29, 0.717) is 16.3 Å². The molecule has 6 nitrogen and oxygen atoms in total. The Morgan fingerprint density at radius 2 is 2.04 bits per heavy atom. The zero-order valence-electron chi connectivity index (χ0n) is 15.1. The number of anilines is 1. The van der Waals surface area contributed by atoms with Crippen molar-refractivity contribution < 1.29 is 4.79 Å². The highest BCUT2D eigenvalue weighted by Gasteiger charge is 2.19. The van der Waals surface area contributed by atoms with Crippen LogP contribution in [0.25, 0.3) is 21.3 Å². The van der Waals surface area contributed by atoms with Crippen LogP contribution in [0, 0.1) is 13.8 Å². The molecule has 1 amide bonds. The van der Waals surface area contributed by atoms with Crippen LogP contribution in [0.15, 0.2) is 24.3 Å². The van der Waals surface area contributed by atoms with Crippen LogP contribution in [0.3, 0.4) is 0 Å². The van der Waals surface area contributed by atoms with Gasteiger partial charge in [0.25, 0.3) is 5.91 Å². The number of nitrogens with one attached hydrogen (secondary N) is 1. The second-order valence-corrected chi connectivity index (χ2v) is 7.38. The van der Waals surface area contributed by atoms with Crippen LogP contribution in [0.4, 0.5) is 5.13 Å². The van der Waals surface area contributed by atoms with Crippen molar-refractivity contribution in [2.45, 2.75) is 27.2 Å². The van der Waals surface area contributed by atoms with Gasteiger partial charge in [0.15, 0.2) is 10.8 Å². The molecule has 0 aliphatic carbocycles. The zero-order chi connectivity index (χ0) is 18.4. The number of benzene rings is 1. The molecule has 3 heterocycles. The molecule has 0 saturated carbocycles. The molecule has 1 N–H and O–H groups in total. The predicted molar refractivity (Wildman–Crippen MR) is 105 cm³/mol. The maximum atomic E-state index is 12.9. The van der Waals surface area contributed by atoms with Gasteiger partial charge in [0.05, 0.1) is 26.9 Å². The van der Waals surface area contributed by atoms with Gasteiger partial charge >= 0.3 is 0 Å². The smallest absolute Gasteiger partial charge is 0.258 e. The lowest BCUT2D eigenvalue weighted by Gasteiger charge is -2.05. The first-order valence-corrected chi connectivity index (χ1v) is 9.29. The van der Waals surface area contributed by atoms with E-state index in [1.165, 1.54) is 16.9 Å². The molecule has 0 aliphatic heterocycles. The summed E-state index contributed by atoms with van der Waals surface area (Å²) < 4.78 is 2.78. The van der Waals surface area contributed by atoms with Gasteiger partial charge < -0.3 is 0 Å². The Hall–Kier alpha value is -2.80. The Balaban J connectivity index is 1.74. The molecule has 0 aliphatic rings. The third kappa shape index (κ3) is 2.74. The normalized spacial score (nSPS) is 11.4. The molecule has 3 aromatic heterocycles. The minimum absolute atomic E-state index is 0.189. The molecule has 7 heteroatoms.